The summed E-state index contributed by atoms with van der Waals surface area (Å²) in [6.07, 6.45) is 1.88. The van der Waals surface area contributed by atoms with E-state index >= 15 is 0 Å². The molecule has 2 atom stereocenters. The van der Waals surface area contributed by atoms with Crippen LogP contribution in [0, 0.1) is 5.41 Å². The number of nitrogens with zero attached hydrogens (tertiary/aromatic N) is 3. The summed E-state index contributed by atoms with van der Waals surface area (Å²) in [5, 5.41) is 0. The van der Waals surface area contributed by atoms with Crippen molar-refractivity contribution in [2.75, 3.05) is 24.5 Å². The molecule has 1 aromatic rings. The van der Waals surface area contributed by atoms with Crippen LogP contribution in [0.3, 0.4) is 0 Å². The van der Waals surface area contributed by atoms with Gasteiger partial charge in [-0.15, -0.1) is 0 Å². The van der Waals surface area contributed by atoms with E-state index in [4.69, 9.17) is 0 Å². The molecule has 0 radical (unpaired) electrons. The molecule has 1 fully saturated rings. The molecule has 106 valence electrons. The van der Waals surface area contributed by atoms with Gasteiger partial charge >= 0.3 is 0 Å². The average molecular weight is 261 g/mol. The normalized spacial score (nSPS) is 25.6. The number of hydrogen-bond acceptors (Lipinski definition) is 3. The van der Waals surface area contributed by atoms with Crippen molar-refractivity contribution in [3.8, 4) is 0 Å². The fourth-order valence-electron chi connectivity index (χ4n) is 2.94. The van der Waals surface area contributed by atoms with Gasteiger partial charge in [-0.05, 0) is 31.4 Å². The van der Waals surface area contributed by atoms with Crippen molar-refractivity contribution in [3.05, 3.63) is 24.4 Å². The summed E-state index contributed by atoms with van der Waals surface area (Å²) in [6.45, 7) is 14.9. The third-order valence-corrected chi connectivity index (χ3v) is 3.73. The van der Waals surface area contributed by atoms with Gasteiger partial charge in [0.15, 0.2) is 0 Å². The third kappa shape index (κ3) is 3.69. The van der Waals surface area contributed by atoms with Gasteiger partial charge in [-0.3, -0.25) is 4.90 Å². The second-order valence-corrected chi connectivity index (χ2v) is 7.02. The zero-order valence-corrected chi connectivity index (χ0v) is 12.9. The Morgan fingerprint density at radius 3 is 2.26 bits per heavy atom. The van der Waals surface area contributed by atoms with E-state index in [0.717, 1.165) is 25.5 Å². The molecule has 3 heteroatoms. The Balaban J connectivity index is 2.06. The van der Waals surface area contributed by atoms with Gasteiger partial charge in [0.05, 0.1) is 0 Å². The highest BCUT2D eigenvalue weighted by atomic mass is 15.3. The van der Waals surface area contributed by atoms with Crippen molar-refractivity contribution in [1.29, 1.82) is 0 Å². The number of rotatable bonds is 2. The fraction of sp³-hybridized carbons (Fsp3) is 0.688. The predicted octanol–water partition coefficient (Wildman–Crippen LogP) is 3.03. The molecule has 0 amide bonds. The topological polar surface area (TPSA) is 19.4 Å². The van der Waals surface area contributed by atoms with Crippen LogP contribution in [0.15, 0.2) is 24.4 Å². The maximum atomic E-state index is 4.48. The summed E-state index contributed by atoms with van der Waals surface area (Å²) < 4.78 is 0. The monoisotopic (exact) mass is 261 g/mol. The number of pyridine rings is 1. The van der Waals surface area contributed by atoms with E-state index in [-0.39, 0.29) is 0 Å². The van der Waals surface area contributed by atoms with E-state index in [1.54, 1.807) is 0 Å². The van der Waals surface area contributed by atoms with Gasteiger partial charge < -0.3 is 4.90 Å². The van der Waals surface area contributed by atoms with Crippen LogP contribution in [0.1, 0.15) is 34.6 Å². The van der Waals surface area contributed by atoms with Gasteiger partial charge in [-0.1, -0.05) is 26.8 Å². The molecule has 19 heavy (non-hydrogen) atoms. The molecule has 2 rings (SSSR count). The van der Waals surface area contributed by atoms with Crippen molar-refractivity contribution in [1.82, 2.24) is 9.88 Å². The largest absolute Gasteiger partial charge is 0.354 e. The van der Waals surface area contributed by atoms with Gasteiger partial charge in [0.25, 0.3) is 0 Å². The first-order valence-corrected chi connectivity index (χ1v) is 7.28. The maximum absolute atomic E-state index is 4.48. The predicted molar refractivity (Wildman–Crippen MR) is 81.5 cm³/mol. The van der Waals surface area contributed by atoms with E-state index < -0.39 is 0 Å². The van der Waals surface area contributed by atoms with Crippen molar-refractivity contribution >= 4 is 5.82 Å². The quantitative estimate of drug-likeness (QED) is 0.816. The Bertz CT molecular complexity index is 384. The lowest BCUT2D eigenvalue weighted by atomic mass is 9.93. The fourth-order valence-corrected chi connectivity index (χ4v) is 2.94. The van der Waals surface area contributed by atoms with E-state index in [0.29, 0.717) is 17.5 Å². The van der Waals surface area contributed by atoms with Crippen molar-refractivity contribution in [2.24, 2.45) is 5.41 Å². The molecule has 0 bridgehead atoms. The van der Waals surface area contributed by atoms with E-state index in [1.165, 1.54) is 0 Å². The Morgan fingerprint density at radius 2 is 1.79 bits per heavy atom. The van der Waals surface area contributed by atoms with Crippen LogP contribution >= 0.6 is 0 Å². The second-order valence-electron chi connectivity index (χ2n) is 7.02. The standard InChI is InChI=1S/C16H27N3/c1-13-10-18(15-8-6-7-9-17-15)11-14(2)19(13)12-16(3,4)5/h6-9,13-14H,10-12H2,1-5H3. The first-order valence-electron chi connectivity index (χ1n) is 7.28. The zero-order chi connectivity index (χ0) is 14.0. The van der Waals surface area contributed by atoms with Crippen LogP contribution in [0.4, 0.5) is 5.82 Å². The number of aromatic nitrogens is 1. The molecule has 0 N–H and O–H groups in total. The molecule has 1 aromatic heterocycles. The SMILES string of the molecule is CC1CN(c2ccccn2)CC(C)N1CC(C)(C)C. The van der Waals surface area contributed by atoms with Crippen molar-refractivity contribution in [2.45, 2.75) is 46.7 Å². The second kappa shape index (κ2) is 5.49. The molecule has 3 nitrogen and oxygen atoms in total. The summed E-state index contributed by atoms with van der Waals surface area (Å²) in [6, 6.07) is 7.31. The molecule has 2 unspecified atom stereocenters. The summed E-state index contributed by atoms with van der Waals surface area (Å²) in [7, 11) is 0. The number of hydrogen-bond donors (Lipinski definition) is 0. The van der Waals surface area contributed by atoms with Gasteiger partial charge in [0.1, 0.15) is 5.82 Å². The van der Waals surface area contributed by atoms with Gasteiger partial charge in [0.2, 0.25) is 0 Å². The Hall–Kier alpha value is -1.09. The molecule has 0 spiro atoms. The number of piperazine rings is 1. The molecule has 1 aliphatic rings. The summed E-state index contributed by atoms with van der Waals surface area (Å²) in [5.41, 5.74) is 0.357. The van der Waals surface area contributed by atoms with Crippen LogP contribution in [0.25, 0.3) is 0 Å². The Kier molecular flexibility index (Phi) is 4.14. The highest BCUT2D eigenvalue weighted by Crippen LogP contribution is 2.25. The summed E-state index contributed by atoms with van der Waals surface area (Å²) >= 11 is 0. The molecular weight excluding hydrogens is 234 g/mol. The van der Waals surface area contributed by atoms with Gasteiger partial charge in [0, 0.05) is 37.9 Å². The number of anilines is 1. The van der Waals surface area contributed by atoms with Crippen LogP contribution in [-0.2, 0) is 0 Å². The first kappa shape index (κ1) is 14.3. The molecule has 0 aromatic carbocycles. The molecule has 1 aliphatic heterocycles. The highest BCUT2D eigenvalue weighted by Gasteiger charge is 2.32. The first-order chi connectivity index (χ1) is 8.87. The highest BCUT2D eigenvalue weighted by molar-refractivity contribution is 5.39. The molecule has 0 aliphatic carbocycles. The zero-order valence-electron chi connectivity index (χ0n) is 12.9. The molecule has 0 saturated carbocycles. The molecule has 2 heterocycles. The van der Waals surface area contributed by atoms with E-state index in [1.807, 2.05) is 12.3 Å². The molecule has 1 saturated heterocycles. The van der Waals surface area contributed by atoms with Crippen LogP contribution in [0.5, 0.6) is 0 Å². The third-order valence-electron chi connectivity index (χ3n) is 3.73. The van der Waals surface area contributed by atoms with Crippen molar-refractivity contribution < 1.29 is 0 Å². The van der Waals surface area contributed by atoms with Crippen LogP contribution in [0.2, 0.25) is 0 Å². The van der Waals surface area contributed by atoms with Crippen molar-refractivity contribution in [3.63, 3.8) is 0 Å². The maximum Gasteiger partial charge on any atom is 0.128 e. The van der Waals surface area contributed by atoms with Gasteiger partial charge in [-0.25, -0.2) is 4.98 Å². The van der Waals surface area contributed by atoms with Gasteiger partial charge in [-0.2, -0.15) is 0 Å². The average Bonchev–Trinajstić information content (AvgIpc) is 2.33. The minimum absolute atomic E-state index is 0.357. The molecular formula is C16H27N3. The van der Waals surface area contributed by atoms with Crippen LogP contribution < -0.4 is 4.90 Å². The summed E-state index contributed by atoms with van der Waals surface area (Å²) in [4.78, 5) is 9.53. The van der Waals surface area contributed by atoms with Crippen LogP contribution in [-0.4, -0.2) is 41.6 Å². The lowest BCUT2D eigenvalue weighted by Crippen LogP contribution is -2.58. The lowest BCUT2D eigenvalue weighted by Gasteiger charge is -2.47. The Labute approximate surface area is 117 Å². The minimum Gasteiger partial charge on any atom is -0.354 e. The Morgan fingerprint density at radius 1 is 1.16 bits per heavy atom. The summed E-state index contributed by atoms with van der Waals surface area (Å²) in [5.74, 6) is 1.11. The minimum atomic E-state index is 0.357. The van der Waals surface area contributed by atoms with E-state index in [9.17, 15) is 0 Å². The lowest BCUT2D eigenvalue weighted by molar-refractivity contribution is 0.0881. The smallest absolute Gasteiger partial charge is 0.128 e. The van der Waals surface area contributed by atoms with E-state index in [2.05, 4.69) is 61.5 Å².